The maximum atomic E-state index is 6.30. The molecule has 0 fully saturated rings. The van der Waals surface area contributed by atoms with Crippen LogP contribution in [-0.2, 0) is 0 Å². The topological polar surface area (TPSA) is 25.8 Å². The van der Waals surface area contributed by atoms with E-state index in [1.54, 1.807) is 0 Å². The Bertz CT molecular complexity index is 771. The largest absolute Gasteiger partial charge is 0.248 e. The Hall–Kier alpha value is -1.45. The van der Waals surface area contributed by atoms with Gasteiger partial charge in [0.05, 0.1) is 32.3 Å². The van der Waals surface area contributed by atoms with Crippen molar-refractivity contribution < 1.29 is 0 Å². The lowest BCUT2D eigenvalue weighted by Gasteiger charge is -2.12. The van der Waals surface area contributed by atoms with Crippen molar-refractivity contribution in [3.8, 4) is 11.3 Å². The number of rotatable bonds is 2. The quantitative estimate of drug-likeness (QED) is 0.580. The van der Waals surface area contributed by atoms with Gasteiger partial charge in [-0.25, -0.2) is 9.97 Å². The first-order valence-corrected chi connectivity index (χ1v) is 7.62. The first-order valence-electron chi connectivity index (χ1n) is 6.32. The van der Waals surface area contributed by atoms with E-state index in [0.29, 0.717) is 5.02 Å². The highest BCUT2D eigenvalue weighted by Gasteiger charge is 2.16. The molecule has 20 heavy (non-hydrogen) atoms. The van der Waals surface area contributed by atoms with Crippen molar-refractivity contribution in [3.63, 3.8) is 0 Å². The monoisotopic (exact) mass is 346 g/mol. The van der Waals surface area contributed by atoms with E-state index in [1.807, 2.05) is 55.5 Å². The summed E-state index contributed by atoms with van der Waals surface area (Å²) in [5, 5.41) is 0.687. The zero-order valence-corrected chi connectivity index (χ0v) is 13.2. The number of hydrogen-bond donors (Lipinski definition) is 0. The molecule has 100 valence electrons. The van der Waals surface area contributed by atoms with Gasteiger partial charge in [-0.15, -0.1) is 0 Å². The van der Waals surface area contributed by atoms with Crippen molar-refractivity contribution in [2.75, 3.05) is 0 Å². The van der Waals surface area contributed by atoms with Gasteiger partial charge in [-0.05, 0) is 25.1 Å². The van der Waals surface area contributed by atoms with Crippen molar-refractivity contribution >= 4 is 38.6 Å². The summed E-state index contributed by atoms with van der Waals surface area (Å²) < 4.78 is 0. The molecule has 0 radical (unpaired) electrons. The molecule has 0 N–H and O–H groups in total. The average Bonchev–Trinajstić information content (AvgIpc) is 2.46. The van der Waals surface area contributed by atoms with E-state index < -0.39 is 0 Å². The lowest BCUT2D eigenvalue weighted by atomic mass is 10.1. The van der Waals surface area contributed by atoms with Gasteiger partial charge in [0.1, 0.15) is 0 Å². The molecule has 0 aliphatic heterocycles. The molecule has 3 rings (SSSR count). The number of hydrogen-bond acceptors (Lipinski definition) is 2. The molecule has 2 nitrogen and oxygen atoms in total. The van der Waals surface area contributed by atoms with Crippen LogP contribution in [0.25, 0.3) is 22.3 Å². The highest BCUT2D eigenvalue weighted by Crippen LogP contribution is 2.34. The third kappa shape index (κ3) is 2.43. The van der Waals surface area contributed by atoms with Gasteiger partial charge in [0.15, 0.2) is 0 Å². The highest BCUT2D eigenvalue weighted by molar-refractivity contribution is 9.09. The molecule has 0 saturated carbocycles. The molecule has 0 amide bonds. The van der Waals surface area contributed by atoms with Crippen molar-refractivity contribution in [2.24, 2.45) is 0 Å². The lowest BCUT2D eigenvalue weighted by molar-refractivity contribution is 1.03. The van der Waals surface area contributed by atoms with Gasteiger partial charge in [-0.3, -0.25) is 0 Å². The van der Waals surface area contributed by atoms with Crippen LogP contribution in [0.3, 0.4) is 0 Å². The van der Waals surface area contributed by atoms with Crippen LogP contribution in [0.5, 0.6) is 0 Å². The standard InChI is InChI=1S/C16H12BrClN2/c1-10(17)15-16(11-6-2-3-7-12(11)18)20-14-9-5-4-8-13(14)19-15/h2-10H,1H3. The van der Waals surface area contributed by atoms with E-state index >= 15 is 0 Å². The molecule has 1 atom stereocenters. The van der Waals surface area contributed by atoms with Crippen LogP contribution in [0.4, 0.5) is 0 Å². The summed E-state index contributed by atoms with van der Waals surface area (Å²) in [6.45, 7) is 2.04. The van der Waals surface area contributed by atoms with E-state index in [2.05, 4.69) is 15.9 Å². The Morgan fingerprint density at radius 2 is 1.55 bits per heavy atom. The molecule has 1 heterocycles. The molecule has 0 saturated heterocycles. The minimum Gasteiger partial charge on any atom is -0.248 e. The second-order valence-electron chi connectivity index (χ2n) is 4.54. The second kappa shape index (κ2) is 5.51. The molecule has 1 aromatic heterocycles. The Labute approximate surface area is 131 Å². The maximum Gasteiger partial charge on any atom is 0.0951 e. The number of alkyl halides is 1. The number of aromatic nitrogens is 2. The highest BCUT2D eigenvalue weighted by atomic mass is 79.9. The third-order valence-electron chi connectivity index (χ3n) is 3.10. The molecular formula is C16H12BrClN2. The molecule has 0 aliphatic rings. The summed E-state index contributed by atoms with van der Waals surface area (Å²) in [6, 6.07) is 15.6. The van der Waals surface area contributed by atoms with Crippen molar-refractivity contribution in [1.29, 1.82) is 0 Å². The Kier molecular flexibility index (Phi) is 3.72. The Morgan fingerprint density at radius 3 is 2.20 bits per heavy atom. The van der Waals surface area contributed by atoms with E-state index in [1.165, 1.54) is 0 Å². The van der Waals surface area contributed by atoms with Gasteiger partial charge < -0.3 is 0 Å². The summed E-state index contributed by atoms with van der Waals surface area (Å²) in [5.74, 6) is 0. The van der Waals surface area contributed by atoms with E-state index in [0.717, 1.165) is 28.0 Å². The average molecular weight is 348 g/mol. The zero-order valence-electron chi connectivity index (χ0n) is 10.8. The first kappa shape index (κ1) is 13.5. The fourth-order valence-corrected chi connectivity index (χ4v) is 2.69. The minimum atomic E-state index is 0.103. The van der Waals surface area contributed by atoms with Crippen molar-refractivity contribution in [1.82, 2.24) is 9.97 Å². The van der Waals surface area contributed by atoms with Crippen LogP contribution in [0.1, 0.15) is 17.4 Å². The molecule has 2 aromatic carbocycles. The molecule has 0 bridgehead atoms. The van der Waals surface area contributed by atoms with Gasteiger partial charge in [0.25, 0.3) is 0 Å². The van der Waals surface area contributed by atoms with Gasteiger partial charge >= 0.3 is 0 Å². The second-order valence-corrected chi connectivity index (χ2v) is 6.32. The van der Waals surface area contributed by atoms with Crippen LogP contribution in [0.2, 0.25) is 5.02 Å². The van der Waals surface area contributed by atoms with Gasteiger partial charge in [0.2, 0.25) is 0 Å². The van der Waals surface area contributed by atoms with Gasteiger partial charge in [-0.2, -0.15) is 0 Å². The van der Waals surface area contributed by atoms with Crippen LogP contribution in [0, 0.1) is 0 Å². The van der Waals surface area contributed by atoms with E-state index in [-0.39, 0.29) is 4.83 Å². The summed E-state index contributed by atoms with van der Waals surface area (Å²) in [7, 11) is 0. The fourth-order valence-electron chi connectivity index (χ4n) is 2.14. The maximum absolute atomic E-state index is 6.30. The summed E-state index contributed by atoms with van der Waals surface area (Å²) in [5.41, 5.74) is 4.41. The smallest absolute Gasteiger partial charge is 0.0951 e. The number of para-hydroxylation sites is 2. The molecular weight excluding hydrogens is 336 g/mol. The van der Waals surface area contributed by atoms with E-state index in [4.69, 9.17) is 21.6 Å². The number of halogens is 2. The minimum absolute atomic E-state index is 0.103. The number of fused-ring (bicyclic) bond motifs is 1. The first-order chi connectivity index (χ1) is 9.66. The van der Waals surface area contributed by atoms with Gasteiger partial charge in [-0.1, -0.05) is 57.9 Å². The summed E-state index contributed by atoms with van der Waals surface area (Å²) in [6.07, 6.45) is 0. The molecule has 3 aromatic rings. The predicted octanol–water partition coefficient (Wildman–Crippen LogP) is 5.41. The number of nitrogens with zero attached hydrogens (tertiary/aromatic N) is 2. The Balaban J connectivity index is 2.33. The van der Waals surface area contributed by atoms with E-state index in [9.17, 15) is 0 Å². The normalized spacial score (nSPS) is 12.6. The molecule has 0 spiro atoms. The van der Waals surface area contributed by atoms with Crippen LogP contribution in [0.15, 0.2) is 48.5 Å². The molecule has 1 unspecified atom stereocenters. The van der Waals surface area contributed by atoms with Crippen LogP contribution in [-0.4, -0.2) is 9.97 Å². The van der Waals surface area contributed by atoms with Crippen molar-refractivity contribution in [3.05, 3.63) is 59.2 Å². The van der Waals surface area contributed by atoms with Crippen LogP contribution >= 0.6 is 27.5 Å². The predicted molar refractivity (Wildman–Crippen MR) is 87.3 cm³/mol. The Morgan fingerprint density at radius 1 is 0.950 bits per heavy atom. The lowest BCUT2D eigenvalue weighted by Crippen LogP contribution is -1.99. The molecule has 0 aliphatic carbocycles. The molecule has 4 heteroatoms. The number of benzene rings is 2. The third-order valence-corrected chi connectivity index (χ3v) is 3.87. The van der Waals surface area contributed by atoms with Gasteiger partial charge in [0, 0.05) is 5.56 Å². The summed E-state index contributed by atoms with van der Waals surface area (Å²) in [4.78, 5) is 9.58. The SMILES string of the molecule is CC(Br)c1nc2ccccc2nc1-c1ccccc1Cl. The summed E-state index contributed by atoms with van der Waals surface area (Å²) >= 11 is 9.90. The fraction of sp³-hybridized carbons (Fsp3) is 0.125. The van der Waals surface area contributed by atoms with Crippen molar-refractivity contribution in [2.45, 2.75) is 11.8 Å². The zero-order chi connectivity index (χ0) is 14.1. The van der Waals surface area contributed by atoms with Crippen LogP contribution < -0.4 is 0 Å².